The zero-order chi connectivity index (χ0) is 22.1. The van der Waals surface area contributed by atoms with E-state index < -0.39 is 0 Å². The van der Waals surface area contributed by atoms with Gasteiger partial charge in [-0.05, 0) is 30.3 Å². The lowest BCUT2D eigenvalue weighted by atomic mass is 10.2. The lowest BCUT2D eigenvalue weighted by molar-refractivity contribution is 0.393. The number of hydrogen-bond acceptors (Lipinski definition) is 9. The van der Waals surface area contributed by atoms with Gasteiger partial charge in [0.05, 0.1) is 32.4 Å². The number of nitrogens with zero attached hydrogens (tertiary/aromatic N) is 3. The molecular weight excluding hydrogens is 414 g/mol. The van der Waals surface area contributed by atoms with Crippen molar-refractivity contribution in [3.8, 4) is 40.2 Å². The van der Waals surface area contributed by atoms with E-state index >= 15 is 0 Å². The number of imidazole rings is 1. The van der Waals surface area contributed by atoms with Gasteiger partial charge in [0, 0.05) is 12.1 Å². The number of ether oxygens (including phenoxy) is 2. The Morgan fingerprint density at radius 2 is 1.84 bits per heavy atom. The van der Waals surface area contributed by atoms with Crippen molar-refractivity contribution in [2.75, 3.05) is 25.3 Å². The van der Waals surface area contributed by atoms with E-state index in [1.165, 1.54) is 6.26 Å². The summed E-state index contributed by atoms with van der Waals surface area (Å²) in [6.07, 6.45) is 4.73. The maximum Gasteiger partial charge on any atom is 0.265 e. The van der Waals surface area contributed by atoms with Crippen LogP contribution in [0.4, 0.5) is 17.6 Å². The van der Waals surface area contributed by atoms with Crippen LogP contribution < -0.4 is 20.5 Å². The van der Waals surface area contributed by atoms with Crippen LogP contribution in [-0.2, 0) is 0 Å². The highest BCUT2D eigenvalue weighted by molar-refractivity contribution is 5.80. The molecule has 5 rings (SSSR count). The lowest BCUT2D eigenvalue weighted by Gasteiger charge is -2.14. The molecule has 4 aromatic heterocycles. The number of nitrogen functional groups attached to an aromatic ring is 1. The van der Waals surface area contributed by atoms with Crippen LogP contribution in [0.1, 0.15) is 0 Å². The van der Waals surface area contributed by atoms with Crippen LogP contribution in [0.3, 0.4) is 0 Å². The molecule has 0 unspecified atom stereocenters. The third-order valence-corrected chi connectivity index (χ3v) is 4.79. The molecule has 0 fully saturated rings. The predicted octanol–water partition coefficient (Wildman–Crippen LogP) is 4.72. The minimum absolute atomic E-state index is 0.103. The van der Waals surface area contributed by atoms with Gasteiger partial charge >= 0.3 is 0 Å². The molecule has 0 atom stereocenters. The van der Waals surface area contributed by atoms with Crippen LogP contribution in [0, 0.1) is 0 Å². The van der Waals surface area contributed by atoms with Gasteiger partial charge < -0.3 is 33.8 Å². The van der Waals surface area contributed by atoms with Crippen molar-refractivity contribution in [3.63, 3.8) is 0 Å². The number of nitrogens with two attached hydrogens (primary N) is 1. The summed E-state index contributed by atoms with van der Waals surface area (Å²) in [5.74, 6) is 3.12. The van der Waals surface area contributed by atoms with Gasteiger partial charge in [0.15, 0.2) is 17.3 Å². The minimum Gasteiger partial charge on any atom is -0.497 e. The summed E-state index contributed by atoms with van der Waals surface area (Å²) >= 11 is 0. The van der Waals surface area contributed by atoms with Gasteiger partial charge in [0.2, 0.25) is 5.88 Å². The van der Waals surface area contributed by atoms with Crippen LogP contribution in [0.2, 0.25) is 0 Å². The monoisotopic (exact) mass is 433 g/mol. The molecule has 10 heteroatoms. The number of furan rings is 2. The van der Waals surface area contributed by atoms with Gasteiger partial charge in [-0.15, -0.1) is 0 Å². The van der Waals surface area contributed by atoms with Crippen molar-refractivity contribution in [1.82, 2.24) is 14.5 Å². The van der Waals surface area contributed by atoms with E-state index in [0.29, 0.717) is 40.3 Å². The fourth-order valence-corrected chi connectivity index (χ4v) is 3.28. The number of oxazole rings is 1. The molecule has 5 aromatic rings. The Morgan fingerprint density at radius 3 is 2.56 bits per heavy atom. The second kappa shape index (κ2) is 7.91. The summed E-state index contributed by atoms with van der Waals surface area (Å²) in [5, 5.41) is 3.24. The first-order valence-electron chi connectivity index (χ1n) is 9.58. The molecule has 0 aliphatic rings. The van der Waals surface area contributed by atoms with E-state index in [4.69, 9.17) is 28.5 Å². The van der Waals surface area contributed by atoms with Gasteiger partial charge in [-0.25, -0.2) is 9.97 Å². The molecule has 0 aliphatic heterocycles. The summed E-state index contributed by atoms with van der Waals surface area (Å²) < 4.78 is 29.2. The van der Waals surface area contributed by atoms with Crippen LogP contribution >= 0.6 is 0 Å². The van der Waals surface area contributed by atoms with Crippen LogP contribution in [-0.4, -0.2) is 28.8 Å². The highest BCUT2D eigenvalue weighted by Crippen LogP contribution is 2.38. The Labute approximate surface area is 182 Å². The molecule has 0 saturated heterocycles. The molecule has 3 N–H and O–H groups in total. The first-order chi connectivity index (χ1) is 15.7. The largest absolute Gasteiger partial charge is 0.497 e. The molecule has 162 valence electrons. The zero-order valence-corrected chi connectivity index (χ0v) is 17.2. The highest BCUT2D eigenvalue weighted by Gasteiger charge is 2.24. The maximum absolute atomic E-state index is 6.15. The fraction of sp³-hybridized carbons (Fsp3) is 0.0909. The Bertz CT molecular complexity index is 1340. The van der Waals surface area contributed by atoms with E-state index in [9.17, 15) is 0 Å². The Hall–Kier alpha value is -4.60. The summed E-state index contributed by atoms with van der Waals surface area (Å²) in [6.45, 7) is 0. The highest BCUT2D eigenvalue weighted by atomic mass is 16.5. The van der Waals surface area contributed by atoms with E-state index in [1.54, 1.807) is 61.7 Å². The van der Waals surface area contributed by atoms with Crippen molar-refractivity contribution in [2.45, 2.75) is 0 Å². The van der Waals surface area contributed by atoms with E-state index in [1.807, 2.05) is 12.1 Å². The van der Waals surface area contributed by atoms with E-state index in [-0.39, 0.29) is 11.8 Å². The van der Waals surface area contributed by atoms with E-state index in [2.05, 4.69) is 15.3 Å². The minimum atomic E-state index is 0.103. The van der Waals surface area contributed by atoms with Crippen LogP contribution in [0.5, 0.6) is 11.5 Å². The standard InChI is InChI=1S/C22H19N5O5/c1-28-13-7-8-14(16(11-13)29-2)27-12-24-19(21(27)25-17-6-4-10-31-17)18-20(23)32-22(26-18)15-5-3-9-30-15/h3-12,25H,23H2,1-2H3. The average molecular weight is 433 g/mol. The second-order valence-corrected chi connectivity index (χ2v) is 6.66. The summed E-state index contributed by atoms with van der Waals surface area (Å²) in [7, 11) is 3.18. The average Bonchev–Trinajstić information content (AvgIpc) is 3.61. The molecule has 1 aromatic carbocycles. The molecule has 0 spiro atoms. The third kappa shape index (κ3) is 3.33. The third-order valence-electron chi connectivity index (χ3n) is 4.79. The van der Waals surface area contributed by atoms with E-state index in [0.717, 1.165) is 5.69 Å². The molecule has 0 saturated carbocycles. The topological polar surface area (TPSA) is 127 Å². The molecule has 0 radical (unpaired) electrons. The number of hydrogen-bond donors (Lipinski definition) is 2. The zero-order valence-electron chi connectivity index (χ0n) is 17.2. The lowest BCUT2D eigenvalue weighted by Crippen LogP contribution is -2.03. The maximum atomic E-state index is 6.15. The quantitative estimate of drug-likeness (QED) is 0.375. The van der Waals surface area contributed by atoms with Gasteiger partial charge in [0.25, 0.3) is 5.89 Å². The van der Waals surface area contributed by atoms with Crippen molar-refractivity contribution in [1.29, 1.82) is 0 Å². The first kappa shape index (κ1) is 19.4. The van der Waals surface area contributed by atoms with Crippen molar-refractivity contribution in [2.24, 2.45) is 0 Å². The number of anilines is 3. The molecule has 0 aliphatic carbocycles. The molecule has 4 heterocycles. The van der Waals surface area contributed by atoms with Crippen molar-refractivity contribution in [3.05, 3.63) is 61.3 Å². The predicted molar refractivity (Wildman–Crippen MR) is 116 cm³/mol. The SMILES string of the molecule is COc1ccc(-n2cnc(-c3nc(-c4ccco4)oc3N)c2Nc2ccco2)c(OC)c1. The number of nitrogens with one attached hydrogen (secondary N) is 1. The molecule has 10 nitrogen and oxygen atoms in total. The van der Waals surface area contributed by atoms with Crippen LogP contribution in [0.25, 0.3) is 28.7 Å². The molecule has 32 heavy (non-hydrogen) atoms. The first-order valence-corrected chi connectivity index (χ1v) is 9.58. The van der Waals surface area contributed by atoms with Gasteiger partial charge in [0.1, 0.15) is 29.3 Å². The summed E-state index contributed by atoms with van der Waals surface area (Å²) in [6, 6.07) is 12.5. The number of benzene rings is 1. The number of rotatable bonds is 7. The Morgan fingerprint density at radius 1 is 1.00 bits per heavy atom. The van der Waals surface area contributed by atoms with Crippen LogP contribution in [0.15, 0.2) is 74.6 Å². The van der Waals surface area contributed by atoms with Crippen molar-refractivity contribution < 1.29 is 22.7 Å². The van der Waals surface area contributed by atoms with Gasteiger partial charge in [-0.3, -0.25) is 4.57 Å². The summed E-state index contributed by atoms with van der Waals surface area (Å²) in [4.78, 5) is 9.06. The van der Waals surface area contributed by atoms with Crippen molar-refractivity contribution >= 4 is 17.6 Å². The smallest absolute Gasteiger partial charge is 0.265 e. The molecule has 0 bridgehead atoms. The summed E-state index contributed by atoms with van der Waals surface area (Å²) in [5.41, 5.74) is 7.68. The second-order valence-electron chi connectivity index (χ2n) is 6.66. The fourth-order valence-electron chi connectivity index (χ4n) is 3.28. The van der Waals surface area contributed by atoms with Gasteiger partial charge in [-0.2, -0.15) is 0 Å². The normalized spacial score (nSPS) is 10.9. The Kier molecular flexibility index (Phi) is 4.79. The number of methoxy groups -OCH3 is 2. The number of aromatic nitrogens is 3. The Balaban J connectivity index is 1.66. The molecule has 0 amide bonds. The van der Waals surface area contributed by atoms with Gasteiger partial charge in [-0.1, -0.05) is 0 Å². The molecular formula is C22H19N5O5.